The number of anilines is 1. The number of halogens is 3. The summed E-state index contributed by atoms with van der Waals surface area (Å²) in [6.07, 6.45) is -0.678. The quantitative estimate of drug-likeness (QED) is 0.595. The molecule has 10 heteroatoms. The number of carbonyl (C=O) groups excluding carboxylic acids is 1. The number of nitrogens with zero attached hydrogens (tertiary/aromatic N) is 6. The van der Waals surface area contributed by atoms with E-state index in [1.165, 1.54) is 6.07 Å². The standard InChI is InChI=1S/C23H25F3N6O/c1-14-20-17(12-18(15-4-5-15)28-21(20)30(2)29-14)22(33)32-9-3-8-31(10-11-32)19-7-6-16(13-27-19)23(24,25)26/h6-7,12-13,15H,3-5,8-11H2,1-2H3. The molecule has 2 aliphatic rings. The molecule has 0 atom stereocenters. The number of alkyl halides is 3. The minimum atomic E-state index is -4.41. The van der Waals surface area contributed by atoms with Crippen molar-refractivity contribution in [1.29, 1.82) is 0 Å². The molecule has 7 nitrogen and oxygen atoms in total. The Morgan fingerprint density at radius 3 is 2.58 bits per heavy atom. The Kier molecular flexibility index (Phi) is 5.25. The van der Waals surface area contributed by atoms with Crippen LogP contribution in [0.3, 0.4) is 0 Å². The molecule has 3 aromatic heterocycles. The van der Waals surface area contributed by atoms with Crippen LogP contribution >= 0.6 is 0 Å². The Labute approximate surface area is 189 Å². The van der Waals surface area contributed by atoms with Gasteiger partial charge in [0.1, 0.15) is 5.82 Å². The zero-order valence-corrected chi connectivity index (χ0v) is 18.6. The highest BCUT2D eigenvalue weighted by molar-refractivity contribution is 6.06. The van der Waals surface area contributed by atoms with Crippen LogP contribution in [0, 0.1) is 6.92 Å². The minimum Gasteiger partial charge on any atom is -0.355 e. The Balaban J connectivity index is 1.38. The molecule has 1 saturated heterocycles. The number of aromatic nitrogens is 4. The number of fused-ring (bicyclic) bond motifs is 1. The fourth-order valence-electron chi connectivity index (χ4n) is 4.48. The normalized spacial score (nSPS) is 17.5. The molecule has 1 saturated carbocycles. The van der Waals surface area contributed by atoms with Crippen LogP contribution in [0.25, 0.3) is 11.0 Å². The van der Waals surface area contributed by atoms with Crippen LogP contribution in [0.4, 0.5) is 19.0 Å². The maximum Gasteiger partial charge on any atom is 0.417 e. The number of rotatable bonds is 3. The highest BCUT2D eigenvalue weighted by atomic mass is 19.4. The van der Waals surface area contributed by atoms with Gasteiger partial charge in [-0.05, 0) is 44.4 Å². The molecule has 5 rings (SSSR count). The fraction of sp³-hybridized carbons (Fsp3) is 0.478. The molecule has 0 radical (unpaired) electrons. The van der Waals surface area contributed by atoms with E-state index in [1.807, 2.05) is 29.8 Å². The van der Waals surface area contributed by atoms with E-state index < -0.39 is 11.7 Å². The van der Waals surface area contributed by atoms with E-state index in [4.69, 9.17) is 4.98 Å². The summed E-state index contributed by atoms with van der Waals surface area (Å²) in [7, 11) is 1.84. The number of pyridine rings is 2. The Morgan fingerprint density at radius 2 is 1.91 bits per heavy atom. The van der Waals surface area contributed by atoms with Gasteiger partial charge in [0.15, 0.2) is 5.65 Å². The van der Waals surface area contributed by atoms with Crippen molar-refractivity contribution in [2.45, 2.75) is 38.3 Å². The number of hydrogen-bond acceptors (Lipinski definition) is 5. The smallest absolute Gasteiger partial charge is 0.355 e. The Hall–Kier alpha value is -3.17. The van der Waals surface area contributed by atoms with Crippen LogP contribution in [-0.2, 0) is 13.2 Å². The summed E-state index contributed by atoms with van der Waals surface area (Å²) >= 11 is 0. The zero-order chi connectivity index (χ0) is 23.3. The summed E-state index contributed by atoms with van der Waals surface area (Å²) in [5.74, 6) is 0.840. The molecular formula is C23H25F3N6O. The Morgan fingerprint density at radius 1 is 1.12 bits per heavy atom. The molecule has 1 amide bonds. The van der Waals surface area contributed by atoms with Crippen molar-refractivity contribution in [3.63, 3.8) is 0 Å². The maximum absolute atomic E-state index is 13.6. The molecule has 0 N–H and O–H groups in total. The lowest BCUT2D eigenvalue weighted by atomic mass is 10.1. The number of hydrogen-bond donors (Lipinski definition) is 0. The molecule has 2 fully saturated rings. The first-order valence-electron chi connectivity index (χ1n) is 11.1. The van der Waals surface area contributed by atoms with E-state index in [1.54, 1.807) is 4.68 Å². The van der Waals surface area contributed by atoms with Crippen LogP contribution in [0.15, 0.2) is 24.4 Å². The van der Waals surface area contributed by atoms with Crippen LogP contribution in [-0.4, -0.2) is 56.7 Å². The van der Waals surface area contributed by atoms with E-state index in [9.17, 15) is 18.0 Å². The molecule has 174 valence electrons. The lowest BCUT2D eigenvalue weighted by molar-refractivity contribution is -0.137. The second-order valence-electron chi connectivity index (χ2n) is 8.81. The van der Waals surface area contributed by atoms with Gasteiger partial charge in [-0.3, -0.25) is 9.48 Å². The minimum absolute atomic E-state index is 0.0531. The van der Waals surface area contributed by atoms with Gasteiger partial charge in [0, 0.05) is 51.0 Å². The summed E-state index contributed by atoms with van der Waals surface area (Å²) in [5.41, 5.74) is 2.31. The molecule has 0 spiro atoms. The first-order chi connectivity index (χ1) is 15.7. The first-order valence-corrected chi connectivity index (χ1v) is 11.1. The zero-order valence-electron chi connectivity index (χ0n) is 18.6. The van der Waals surface area contributed by atoms with Crippen LogP contribution in [0.2, 0.25) is 0 Å². The first kappa shape index (κ1) is 21.7. The average Bonchev–Trinajstić information content (AvgIpc) is 3.61. The van der Waals surface area contributed by atoms with Crippen molar-refractivity contribution in [1.82, 2.24) is 24.6 Å². The van der Waals surface area contributed by atoms with Crippen LogP contribution < -0.4 is 4.90 Å². The van der Waals surface area contributed by atoms with Gasteiger partial charge < -0.3 is 9.80 Å². The predicted molar refractivity (Wildman–Crippen MR) is 117 cm³/mol. The molecule has 0 aromatic carbocycles. The molecule has 3 aromatic rings. The third-order valence-corrected chi connectivity index (χ3v) is 6.40. The van der Waals surface area contributed by atoms with Crippen LogP contribution in [0.1, 0.15) is 52.5 Å². The third kappa shape index (κ3) is 4.14. The number of carbonyl (C=O) groups is 1. The van der Waals surface area contributed by atoms with Gasteiger partial charge in [0.2, 0.25) is 0 Å². The lowest BCUT2D eigenvalue weighted by Crippen LogP contribution is -2.35. The highest BCUT2D eigenvalue weighted by Gasteiger charge is 2.32. The van der Waals surface area contributed by atoms with Gasteiger partial charge in [-0.2, -0.15) is 18.3 Å². The maximum atomic E-state index is 13.6. The van der Waals surface area contributed by atoms with Crippen molar-refractivity contribution < 1.29 is 18.0 Å². The van der Waals surface area contributed by atoms with Crippen molar-refractivity contribution >= 4 is 22.8 Å². The van der Waals surface area contributed by atoms with E-state index in [-0.39, 0.29) is 5.91 Å². The number of amides is 1. The fourth-order valence-corrected chi connectivity index (χ4v) is 4.48. The molecule has 1 aliphatic heterocycles. The lowest BCUT2D eigenvalue weighted by Gasteiger charge is -2.23. The van der Waals surface area contributed by atoms with Gasteiger partial charge >= 0.3 is 6.18 Å². The monoisotopic (exact) mass is 458 g/mol. The summed E-state index contributed by atoms with van der Waals surface area (Å²) < 4.78 is 40.3. The third-order valence-electron chi connectivity index (χ3n) is 6.40. The van der Waals surface area contributed by atoms with Crippen molar-refractivity contribution in [2.75, 3.05) is 31.1 Å². The van der Waals surface area contributed by atoms with Crippen molar-refractivity contribution in [2.24, 2.45) is 7.05 Å². The molecular weight excluding hydrogens is 433 g/mol. The summed E-state index contributed by atoms with van der Waals surface area (Å²) in [6, 6.07) is 4.37. The molecule has 0 unspecified atom stereocenters. The van der Waals surface area contributed by atoms with Crippen molar-refractivity contribution in [3.8, 4) is 0 Å². The van der Waals surface area contributed by atoms with Gasteiger partial charge in [-0.25, -0.2) is 9.97 Å². The second kappa shape index (κ2) is 8.00. The summed E-state index contributed by atoms with van der Waals surface area (Å²) in [4.78, 5) is 26.2. The van der Waals surface area contributed by atoms with Gasteiger partial charge in [0.25, 0.3) is 5.91 Å². The SMILES string of the molecule is Cc1nn(C)c2nc(C3CC3)cc(C(=O)N3CCCN(c4ccc(C(F)(F)F)cn4)CC3)c12. The largest absolute Gasteiger partial charge is 0.417 e. The Bertz CT molecular complexity index is 1200. The second-order valence-corrected chi connectivity index (χ2v) is 8.81. The van der Waals surface area contributed by atoms with Crippen LogP contribution in [0.5, 0.6) is 0 Å². The van der Waals surface area contributed by atoms with E-state index in [0.717, 1.165) is 47.5 Å². The molecule has 0 bridgehead atoms. The molecule has 4 heterocycles. The summed E-state index contributed by atoms with van der Waals surface area (Å²) in [6.45, 7) is 4.03. The molecule has 33 heavy (non-hydrogen) atoms. The topological polar surface area (TPSA) is 67.2 Å². The average molecular weight is 458 g/mol. The highest BCUT2D eigenvalue weighted by Crippen LogP contribution is 2.40. The predicted octanol–water partition coefficient (Wildman–Crippen LogP) is 3.92. The molecule has 1 aliphatic carbocycles. The van der Waals surface area contributed by atoms with E-state index in [2.05, 4.69) is 10.1 Å². The van der Waals surface area contributed by atoms with E-state index >= 15 is 0 Å². The van der Waals surface area contributed by atoms with Gasteiger partial charge in [-0.15, -0.1) is 0 Å². The van der Waals surface area contributed by atoms with Gasteiger partial charge in [-0.1, -0.05) is 0 Å². The number of aryl methyl sites for hydroxylation is 2. The summed E-state index contributed by atoms with van der Waals surface area (Å²) in [5, 5.41) is 5.27. The van der Waals surface area contributed by atoms with Gasteiger partial charge in [0.05, 0.1) is 22.2 Å². The van der Waals surface area contributed by atoms with E-state index in [0.29, 0.717) is 49.9 Å². The van der Waals surface area contributed by atoms with Crippen molar-refractivity contribution in [3.05, 3.63) is 46.9 Å².